The predicted molar refractivity (Wildman–Crippen MR) is 163 cm³/mol. The maximum atomic E-state index is 14.1. The topological polar surface area (TPSA) is 96.0 Å². The highest BCUT2D eigenvalue weighted by molar-refractivity contribution is 7.92. The van der Waals surface area contributed by atoms with Gasteiger partial charge in [0.25, 0.3) is 10.0 Å². The van der Waals surface area contributed by atoms with Crippen LogP contribution < -0.4 is 14.4 Å². The molecule has 0 aliphatic rings. The van der Waals surface area contributed by atoms with Crippen LogP contribution in [0.5, 0.6) is 5.75 Å². The minimum absolute atomic E-state index is 0.0350. The molecule has 0 spiro atoms. The van der Waals surface area contributed by atoms with E-state index in [1.807, 2.05) is 39.8 Å². The maximum absolute atomic E-state index is 14.1. The molecule has 3 rings (SSSR count). The Hall–Kier alpha value is -3.56. The van der Waals surface area contributed by atoms with Crippen molar-refractivity contribution >= 4 is 39.1 Å². The smallest absolute Gasteiger partial charge is 0.264 e. The molecule has 0 aromatic heterocycles. The van der Waals surface area contributed by atoms with Gasteiger partial charge in [0.1, 0.15) is 18.3 Å². The largest absolute Gasteiger partial charge is 0.497 e. The quantitative estimate of drug-likeness (QED) is 0.277. The van der Waals surface area contributed by atoms with Crippen molar-refractivity contribution in [1.82, 2.24) is 10.2 Å². The molecule has 1 N–H and O–H groups in total. The molecular weight excluding hydrogens is 562 g/mol. The van der Waals surface area contributed by atoms with Crippen molar-refractivity contribution in [3.05, 3.63) is 88.9 Å². The molecular formula is C31H38ClN3O5S. The molecule has 0 saturated heterocycles. The normalized spacial score (nSPS) is 12.7. The van der Waals surface area contributed by atoms with Gasteiger partial charge in [-0.2, -0.15) is 0 Å². The van der Waals surface area contributed by atoms with Crippen LogP contribution in [0.3, 0.4) is 0 Å². The Balaban J connectivity index is 2.06. The van der Waals surface area contributed by atoms with Gasteiger partial charge in [-0.15, -0.1) is 0 Å². The lowest BCUT2D eigenvalue weighted by Crippen LogP contribution is -2.53. The number of ether oxygens (including phenoxy) is 1. The fourth-order valence-electron chi connectivity index (χ4n) is 4.27. The summed E-state index contributed by atoms with van der Waals surface area (Å²) in [5, 5.41) is 3.35. The number of sulfonamides is 1. The number of methoxy groups -OCH3 is 1. The molecule has 8 nitrogen and oxygen atoms in total. The number of amides is 2. The first kappa shape index (κ1) is 32.0. The zero-order valence-corrected chi connectivity index (χ0v) is 25.7. The van der Waals surface area contributed by atoms with Gasteiger partial charge in [0, 0.05) is 17.6 Å². The lowest BCUT2D eigenvalue weighted by molar-refractivity contribution is -0.140. The van der Waals surface area contributed by atoms with Crippen molar-refractivity contribution in [2.45, 2.75) is 64.1 Å². The second kappa shape index (κ2) is 14.4. The van der Waals surface area contributed by atoms with Crippen molar-refractivity contribution in [1.29, 1.82) is 0 Å². The number of anilines is 1. The maximum Gasteiger partial charge on any atom is 0.264 e. The summed E-state index contributed by atoms with van der Waals surface area (Å²) in [6.45, 7) is 7.07. The Morgan fingerprint density at radius 1 is 0.976 bits per heavy atom. The fourth-order valence-corrected chi connectivity index (χ4v) is 5.88. The average Bonchev–Trinajstić information content (AvgIpc) is 2.97. The van der Waals surface area contributed by atoms with Crippen molar-refractivity contribution < 1.29 is 22.7 Å². The molecule has 41 heavy (non-hydrogen) atoms. The van der Waals surface area contributed by atoms with Gasteiger partial charge in [0.05, 0.1) is 17.7 Å². The van der Waals surface area contributed by atoms with Crippen LogP contribution in [0.1, 0.15) is 44.7 Å². The molecule has 0 aliphatic carbocycles. The lowest BCUT2D eigenvalue weighted by atomic mass is 10.1. The third kappa shape index (κ3) is 8.01. The minimum atomic E-state index is -4.16. The molecule has 0 unspecified atom stereocenters. The molecule has 2 amide bonds. The zero-order valence-electron chi connectivity index (χ0n) is 24.1. The molecule has 0 saturated carbocycles. The van der Waals surface area contributed by atoms with Crippen LogP contribution in [0, 0.1) is 6.92 Å². The van der Waals surface area contributed by atoms with Crippen molar-refractivity contribution in [2.24, 2.45) is 0 Å². The SMILES string of the molecule is CC[C@H](C(=O)N[C@@H](C)CC)N(Cc1ccc(OC)cc1)C(=O)CN(c1ccc(C)c(Cl)c1)S(=O)(=O)c1ccccc1. The summed E-state index contributed by atoms with van der Waals surface area (Å²) in [6, 6.07) is 19.1. The van der Waals surface area contributed by atoms with Gasteiger partial charge in [0.2, 0.25) is 11.8 Å². The van der Waals surface area contributed by atoms with E-state index >= 15 is 0 Å². The molecule has 0 bridgehead atoms. The molecule has 0 radical (unpaired) electrons. The number of nitrogens with one attached hydrogen (secondary N) is 1. The summed E-state index contributed by atoms with van der Waals surface area (Å²) >= 11 is 6.38. The summed E-state index contributed by atoms with van der Waals surface area (Å²) in [5.74, 6) is -0.160. The zero-order chi connectivity index (χ0) is 30.2. The van der Waals surface area contributed by atoms with Gasteiger partial charge in [-0.25, -0.2) is 8.42 Å². The highest BCUT2D eigenvalue weighted by Crippen LogP contribution is 2.29. The van der Waals surface area contributed by atoms with Crippen molar-refractivity contribution in [3.63, 3.8) is 0 Å². The first-order valence-electron chi connectivity index (χ1n) is 13.6. The van der Waals surface area contributed by atoms with E-state index in [2.05, 4.69) is 5.32 Å². The molecule has 2 atom stereocenters. The minimum Gasteiger partial charge on any atom is -0.497 e. The number of halogens is 1. The van der Waals surface area contributed by atoms with Crippen LogP contribution >= 0.6 is 11.6 Å². The molecule has 3 aromatic rings. The Bertz CT molecular complexity index is 1430. The van der Waals surface area contributed by atoms with E-state index in [1.54, 1.807) is 49.6 Å². The van der Waals surface area contributed by atoms with Crippen LogP contribution in [-0.4, -0.2) is 50.9 Å². The molecule has 10 heteroatoms. The first-order chi connectivity index (χ1) is 19.5. The van der Waals surface area contributed by atoms with Gasteiger partial charge in [-0.05, 0) is 74.2 Å². The summed E-state index contributed by atoms with van der Waals surface area (Å²) in [5.41, 5.74) is 1.79. The van der Waals surface area contributed by atoms with E-state index < -0.39 is 28.5 Å². The fraction of sp³-hybridized carbons (Fsp3) is 0.355. The number of nitrogens with zero attached hydrogens (tertiary/aromatic N) is 2. The monoisotopic (exact) mass is 599 g/mol. The van der Waals surface area contributed by atoms with Crippen LogP contribution in [0.2, 0.25) is 5.02 Å². The molecule has 0 fully saturated rings. The first-order valence-corrected chi connectivity index (χ1v) is 15.4. The van der Waals surface area contributed by atoms with E-state index in [0.29, 0.717) is 17.2 Å². The summed E-state index contributed by atoms with van der Waals surface area (Å²) in [7, 11) is -2.59. The predicted octanol–water partition coefficient (Wildman–Crippen LogP) is 5.57. The van der Waals surface area contributed by atoms with Gasteiger partial charge in [-0.1, -0.05) is 61.8 Å². The van der Waals surface area contributed by atoms with Gasteiger partial charge >= 0.3 is 0 Å². The number of carbonyl (C=O) groups excluding carboxylic acids is 2. The Morgan fingerprint density at radius 2 is 1.63 bits per heavy atom. The number of hydrogen-bond donors (Lipinski definition) is 1. The highest BCUT2D eigenvalue weighted by atomic mass is 35.5. The van der Waals surface area contributed by atoms with Crippen LogP contribution in [0.15, 0.2) is 77.7 Å². The second-order valence-corrected chi connectivity index (χ2v) is 12.1. The van der Waals surface area contributed by atoms with Crippen molar-refractivity contribution in [2.75, 3.05) is 18.0 Å². The number of benzene rings is 3. The number of aryl methyl sites for hydroxylation is 1. The van der Waals surface area contributed by atoms with Gasteiger partial charge in [0.15, 0.2) is 0 Å². The highest BCUT2D eigenvalue weighted by Gasteiger charge is 2.34. The molecule has 3 aromatic carbocycles. The number of rotatable bonds is 13. The van der Waals surface area contributed by atoms with E-state index in [4.69, 9.17) is 16.3 Å². The Kier molecular flexibility index (Phi) is 11.2. The molecule has 220 valence electrons. The average molecular weight is 600 g/mol. The van der Waals surface area contributed by atoms with E-state index in [1.165, 1.54) is 23.1 Å². The van der Waals surface area contributed by atoms with E-state index in [0.717, 1.165) is 21.9 Å². The number of carbonyl (C=O) groups is 2. The van der Waals surface area contributed by atoms with Gasteiger partial charge in [-0.3, -0.25) is 13.9 Å². The Labute approximate surface area is 248 Å². The van der Waals surface area contributed by atoms with Crippen molar-refractivity contribution in [3.8, 4) is 5.75 Å². The van der Waals surface area contributed by atoms with Crippen LogP contribution in [0.4, 0.5) is 5.69 Å². The molecule has 0 aliphatic heterocycles. The third-order valence-corrected chi connectivity index (χ3v) is 9.15. The molecule has 0 heterocycles. The van der Waals surface area contributed by atoms with E-state index in [9.17, 15) is 18.0 Å². The van der Waals surface area contributed by atoms with Crippen LogP contribution in [-0.2, 0) is 26.2 Å². The lowest BCUT2D eigenvalue weighted by Gasteiger charge is -2.33. The summed E-state index contributed by atoms with van der Waals surface area (Å²) in [6.07, 6.45) is 1.07. The van der Waals surface area contributed by atoms with Gasteiger partial charge < -0.3 is 15.0 Å². The Morgan fingerprint density at radius 3 is 2.20 bits per heavy atom. The second-order valence-electron chi connectivity index (χ2n) is 9.87. The van der Waals surface area contributed by atoms with E-state index in [-0.39, 0.29) is 29.1 Å². The number of hydrogen-bond acceptors (Lipinski definition) is 5. The van der Waals surface area contributed by atoms with Crippen LogP contribution in [0.25, 0.3) is 0 Å². The standard InChI is InChI=1S/C31H38ClN3O5S/c1-6-23(4)33-31(37)29(7-2)34(20-24-14-17-26(40-5)18-15-24)30(36)21-35(25-16-13-22(3)28(32)19-25)41(38,39)27-11-9-8-10-12-27/h8-19,23,29H,6-7,20-21H2,1-5H3,(H,33,37)/t23-,29+/m0/s1. The summed E-state index contributed by atoms with van der Waals surface area (Å²) < 4.78 is 34.1. The summed E-state index contributed by atoms with van der Waals surface area (Å²) in [4.78, 5) is 29.0. The third-order valence-electron chi connectivity index (χ3n) is 6.95.